The molecule has 19 heavy (non-hydrogen) atoms. The van der Waals surface area contributed by atoms with Gasteiger partial charge in [0.2, 0.25) is 0 Å². The predicted octanol–water partition coefficient (Wildman–Crippen LogP) is 1.17. The average Bonchev–Trinajstić information content (AvgIpc) is 2.84. The first kappa shape index (κ1) is 15.2. The minimum atomic E-state index is 0.411. The van der Waals surface area contributed by atoms with Gasteiger partial charge in [0.05, 0.1) is 12.7 Å². The molecule has 0 spiro atoms. The Kier molecular flexibility index (Phi) is 6.07. The first-order valence-electron chi connectivity index (χ1n) is 8.00. The van der Waals surface area contributed by atoms with Crippen molar-refractivity contribution in [2.24, 2.45) is 0 Å². The van der Waals surface area contributed by atoms with Crippen LogP contribution in [0.2, 0.25) is 0 Å². The lowest BCUT2D eigenvalue weighted by atomic mass is 10.2. The fourth-order valence-corrected chi connectivity index (χ4v) is 3.18. The molecule has 0 amide bonds. The van der Waals surface area contributed by atoms with E-state index in [0.29, 0.717) is 18.2 Å². The van der Waals surface area contributed by atoms with E-state index < -0.39 is 0 Å². The zero-order chi connectivity index (χ0) is 13.7. The number of nitrogens with zero attached hydrogens (tertiary/aromatic N) is 2. The van der Waals surface area contributed by atoms with E-state index in [1.165, 1.54) is 19.4 Å². The van der Waals surface area contributed by atoms with Crippen LogP contribution < -0.4 is 5.32 Å². The Morgan fingerprint density at radius 1 is 1.32 bits per heavy atom. The van der Waals surface area contributed by atoms with Gasteiger partial charge in [-0.05, 0) is 25.9 Å². The number of ether oxygens (including phenoxy) is 1. The van der Waals surface area contributed by atoms with Crippen LogP contribution in [0.3, 0.4) is 0 Å². The minimum absolute atomic E-state index is 0.411. The number of likely N-dealkylation sites (tertiary alicyclic amines) is 1. The van der Waals surface area contributed by atoms with Crippen LogP contribution in [0.25, 0.3) is 0 Å². The third-order valence-electron chi connectivity index (χ3n) is 4.37. The zero-order valence-electron chi connectivity index (χ0n) is 12.9. The predicted molar refractivity (Wildman–Crippen MR) is 79.6 cm³/mol. The second-order valence-electron chi connectivity index (χ2n) is 6.24. The highest BCUT2D eigenvalue weighted by atomic mass is 16.5. The third-order valence-corrected chi connectivity index (χ3v) is 4.37. The summed E-state index contributed by atoms with van der Waals surface area (Å²) in [5.41, 5.74) is 0. The van der Waals surface area contributed by atoms with E-state index in [1.54, 1.807) is 0 Å². The lowest BCUT2D eigenvalue weighted by Gasteiger charge is -2.36. The molecule has 0 aromatic carbocycles. The Morgan fingerprint density at radius 2 is 2.16 bits per heavy atom. The van der Waals surface area contributed by atoms with Crippen molar-refractivity contribution in [3.05, 3.63) is 0 Å². The second kappa shape index (κ2) is 7.58. The van der Waals surface area contributed by atoms with Gasteiger partial charge in [-0.2, -0.15) is 0 Å². The van der Waals surface area contributed by atoms with Gasteiger partial charge in [-0.3, -0.25) is 9.80 Å². The van der Waals surface area contributed by atoms with Crippen molar-refractivity contribution in [1.29, 1.82) is 0 Å². The summed E-state index contributed by atoms with van der Waals surface area (Å²) in [5, 5.41) is 3.58. The smallest absolute Gasteiger partial charge is 0.0829 e. The lowest BCUT2D eigenvalue weighted by molar-refractivity contribution is -0.0432. The van der Waals surface area contributed by atoms with Crippen molar-refractivity contribution in [3.8, 4) is 0 Å². The molecule has 0 bridgehead atoms. The Hall–Kier alpha value is -0.160. The topological polar surface area (TPSA) is 27.7 Å². The Morgan fingerprint density at radius 3 is 2.89 bits per heavy atom. The Bertz CT molecular complexity index is 260. The first-order valence-corrected chi connectivity index (χ1v) is 8.00. The molecule has 2 unspecified atom stereocenters. The van der Waals surface area contributed by atoms with E-state index >= 15 is 0 Å². The number of morpholine rings is 1. The molecule has 0 saturated carbocycles. The Labute approximate surface area is 118 Å². The van der Waals surface area contributed by atoms with Crippen molar-refractivity contribution in [3.63, 3.8) is 0 Å². The molecule has 2 rings (SSSR count). The van der Waals surface area contributed by atoms with Crippen LogP contribution in [0.5, 0.6) is 0 Å². The van der Waals surface area contributed by atoms with Gasteiger partial charge in [0, 0.05) is 38.3 Å². The molecular formula is C15H31N3O. The summed E-state index contributed by atoms with van der Waals surface area (Å²) in [4.78, 5) is 5.14. The van der Waals surface area contributed by atoms with E-state index in [0.717, 1.165) is 39.3 Å². The van der Waals surface area contributed by atoms with Crippen molar-refractivity contribution in [2.75, 3.05) is 45.9 Å². The number of likely N-dealkylation sites (N-methyl/N-ethyl adjacent to an activating group) is 1. The number of hydrogen-bond donors (Lipinski definition) is 1. The molecule has 0 aromatic rings. The molecule has 2 heterocycles. The van der Waals surface area contributed by atoms with Gasteiger partial charge in [0.1, 0.15) is 0 Å². The maximum absolute atomic E-state index is 5.94. The molecule has 0 aromatic heterocycles. The summed E-state index contributed by atoms with van der Waals surface area (Å²) in [7, 11) is 0. The van der Waals surface area contributed by atoms with Crippen LogP contribution in [-0.2, 0) is 4.74 Å². The molecule has 0 aliphatic carbocycles. The molecule has 1 N–H and O–H groups in total. The van der Waals surface area contributed by atoms with Crippen LogP contribution in [0, 0.1) is 0 Å². The van der Waals surface area contributed by atoms with Gasteiger partial charge in [-0.15, -0.1) is 0 Å². The molecular weight excluding hydrogens is 238 g/mol. The highest BCUT2D eigenvalue weighted by Gasteiger charge is 2.28. The van der Waals surface area contributed by atoms with Crippen molar-refractivity contribution in [1.82, 2.24) is 15.1 Å². The van der Waals surface area contributed by atoms with Crippen LogP contribution in [-0.4, -0.2) is 73.9 Å². The summed E-state index contributed by atoms with van der Waals surface area (Å²) in [6, 6.07) is 1.30. The van der Waals surface area contributed by atoms with E-state index in [1.807, 2.05) is 0 Å². The molecule has 2 fully saturated rings. The molecule has 2 atom stereocenters. The summed E-state index contributed by atoms with van der Waals surface area (Å²) in [6.07, 6.45) is 3.09. The van der Waals surface area contributed by atoms with Gasteiger partial charge in [-0.1, -0.05) is 20.8 Å². The van der Waals surface area contributed by atoms with Crippen LogP contribution in [0.15, 0.2) is 0 Å². The van der Waals surface area contributed by atoms with Crippen LogP contribution >= 0.6 is 0 Å². The highest BCUT2D eigenvalue weighted by molar-refractivity contribution is 4.85. The van der Waals surface area contributed by atoms with Crippen molar-refractivity contribution in [2.45, 2.75) is 51.8 Å². The molecule has 4 heteroatoms. The molecule has 0 radical (unpaired) electrons. The fourth-order valence-electron chi connectivity index (χ4n) is 3.18. The highest BCUT2D eigenvalue weighted by Crippen LogP contribution is 2.18. The normalized spacial score (nSPS) is 30.3. The van der Waals surface area contributed by atoms with Gasteiger partial charge in [0.15, 0.2) is 0 Å². The molecule has 112 valence electrons. The Balaban J connectivity index is 1.77. The number of hydrogen-bond acceptors (Lipinski definition) is 4. The number of rotatable bonds is 6. The van der Waals surface area contributed by atoms with E-state index in [2.05, 4.69) is 35.9 Å². The maximum atomic E-state index is 5.94. The molecule has 4 nitrogen and oxygen atoms in total. The van der Waals surface area contributed by atoms with E-state index in [-0.39, 0.29) is 0 Å². The molecule has 2 saturated heterocycles. The monoisotopic (exact) mass is 269 g/mol. The van der Waals surface area contributed by atoms with Gasteiger partial charge >= 0.3 is 0 Å². The summed E-state index contributed by atoms with van der Waals surface area (Å²) in [6.45, 7) is 14.4. The van der Waals surface area contributed by atoms with Gasteiger partial charge < -0.3 is 10.1 Å². The van der Waals surface area contributed by atoms with E-state index in [9.17, 15) is 0 Å². The van der Waals surface area contributed by atoms with Crippen LogP contribution in [0.1, 0.15) is 33.6 Å². The quantitative estimate of drug-likeness (QED) is 0.783. The standard InChI is InChI=1S/C15H31N3O/c1-4-17-8-9-19-15(11-17)12-18-7-5-6-14(18)10-16-13(2)3/h13-16H,4-12H2,1-3H3. The van der Waals surface area contributed by atoms with Crippen LogP contribution in [0.4, 0.5) is 0 Å². The fraction of sp³-hybridized carbons (Fsp3) is 1.00. The zero-order valence-corrected chi connectivity index (χ0v) is 12.9. The molecule has 2 aliphatic heterocycles. The second-order valence-corrected chi connectivity index (χ2v) is 6.24. The first-order chi connectivity index (χ1) is 9.19. The SMILES string of the molecule is CCN1CCOC(CN2CCCC2CNC(C)C)C1. The summed E-state index contributed by atoms with van der Waals surface area (Å²) < 4.78 is 5.94. The van der Waals surface area contributed by atoms with Crippen molar-refractivity contribution >= 4 is 0 Å². The largest absolute Gasteiger partial charge is 0.374 e. The van der Waals surface area contributed by atoms with E-state index in [4.69, 9.17) is 4.74 Å². The lowest BCUT2D eigenvalue weighted by Crippen LogP contribution is -2.50. The van der Waals surface area contributed by atoms with Gasteiger partial charge in [-0.25, -0.2) is 0 Å². The number of nitrogens with one attached hydrogen (secondary N) is 1. The van der Waals surface area contributed by atoms with Crippen molar-refractivity contribution < 1.29 is 4.74 Å². The van der Waals surface area contributed by atoms with Gasteiger partial charge in [0.25, 0.3) is 0 Å². The average molecular weight is 269 g/mol. The maximum Gasteiger partial charge on any atom is 0.0829 e. The third kappa shape index (κ3) is 4.71. The summed E-state index contributed by atoms with van der Waals surface area (Å²) >= 11 is 0. The summed E-state index contributed by atoms with van der Waals surface area (Å²) in [5.74, 6) is 0. The minimum Gasteiger partial charge on any atom is -0.374 e. The molecule has 2 aliphatic rings.